The number of halogens is 2. The molecule has 5 rings (SSSR count). The first-order valence-corrected chi connectivity index (χ1v) is 12.3. The first kappa shape index (κ1) is 25.1. The summed E-state index contributed by atoms with van der Waals surface area (Å²) < 4.78 is 25.9. The number of piperazine rings is 1. The Bertz CT molecular complexity index is 1080. The van der Waals surface area contributed by atoms with Gasteiger partial charge in [-0.05, 0) is 55.8 Å². The average molecular weight is 498 g/mol. The number of ether oxygens (including phenoxy) is 2. The minimum Gasteiger partial charge on any atom is -0.491 e. The van der Waals surface area contributed by atoms with Gasteiger partial charge < -0.3 is 19.3 Å². The Morgan fingerprint density at radius 1 is 0.829 bits per heavy atom. The molecule has 0 saturated carbocycles. The zero-order valence-electron chi connectivity index (χ0n) is 20.2. The molecule has 0 unspecified atom stereocenters. The lowest BCUT2D eigenvalue weighted by molar-refractivity contribution is 0.254. The van der Waals surface area contributed by atoms with Crippen molar-refractivity contribution < 1.29 is 13.9 Å². The maximum absolute atomic E-state index is 13.9. The van der Waals surface area contributed by atoms with Crippen LogP contribution in [-0.2, 0) is 0 Å². The average Bonchev–Trinajstić information content (AvgIpc) is 2.88. The highest BCUT2D eigenvalue weighted by atomic mass is 35.5. The van der Waals surface area contributed by atoms with Gasteiger partial charge in [0, 0.05) is 38.8 Å². The first-order valence-electron chi connectivity index (χ1n) is 12.3. The van der Waals surface area contributed by atoms with Crippen LogP contribution in [0.4, 0.5) is 21.5 Å². The van der Waals surface area contributed by atoms with Crippen LogP contribution in [0, 0.1) is 5.82 Å². The summed E-state index contributed by atoms with van der Waals surface area (Å²) in [4.78, 5) is 7.12. The molecule has 2 heterocycles. The van der Waals surface area contributed by atoms with Crippen LogP contribution in [-0.4, -0.2) is 50.8 Å². The van der Waals surface area contributed by atoms with Crippen LogP contribution in [0.25, 0.3) is 0 Å². The van der Waals surface area contributed by atoms with Crippen molar-refractivity contribution in [2.75, 3.05) is 55.7 Å². The Morgan fingerprint density at radius 2 is 1.49 bits per heavy atom. The van der Waals surface area contributed by atoms with Gasteiger partial charge >= 0.3 is 0 Å². The van der Waals surface area contributed by atoms with E-state index in [1.54, 1.807) is 12.1 Å². The van der Waals surface area contributed by atoms with Crippen LogP contribution in [0.2, 0.25) is 0 Å². The minimum absolute atomic E-state index is 0. The second-order valence-corrected chi connectivity index (χ2v) is 8.83. The highest BCUT2D eigenvalue weighted by Gasteiger charge is 2.24. The fourth-order valence-electron chi connectivity index (χ4n) is 4.76. The van der Waals surface area contributed by atoms with Crippen molar-refractivity contribution in [3.05, 3.63) is 72.5 Å². The van der Waals surface area contributed by atoms with Crippen LogP contribution in [0.15, 0.2) is 66.7 Å². The molecule has 3 aromatic rings. The Balaban J connectivity index is 0.00000289. The molecular formula is C28H33ClFN3O2. The zero-order chi connectivity index (χ0) is 23.3. The lowest BCUT2D eigenvalue weighted by Crippen LogP contribution is -2.47. The molecule has 35 heavy (non-hydrogen) atoms. The fraction of sp³-hybridized carbons (Fsp3) is 0.357. The van der Waals surface area contributed by atoms with Crippen LogP contribution in [0.1, 0.15) is 19.8 Å². The highest BCUT2D eigenvalue weighted by molar-refractivity contribution is 5.85. The van der Waals surface area contributed by atoms with E-state index >= 15 is 0 Å². The van der Waals surface area contributed by atoms with E-state index in [0.29, 0.717) is 6.61 Å². The van der Waals surface area contributed by atoms with Crippen LogP contribution in [0.5, 0.6) is 17.2 Å². The van der Waals surface area contributed by atoms with Gasteiger partial charge in [-0.2, -0.15) is 0 Å². The first-order chi connectivity index (χ1) is 16.7. The number of para-hydroxylation sites is 4. The fourth-order valence-corrected chi connectivity index (χ4v) is 4.76. The quantitative estimate of drug-likeness (QED) is 0.354. The lowest BCUT2D eigenvalue weighted by Gasteiger charge is -2.37. The van der Waals surface area contributed by atoms with E-state index in [1.807, 2.05) is 24.3 Å². The predicted octanol–water partition coefficient (Wildman–Crippen LogP) is 6.49. The van der Waals surface area contributed by atoms with Crippen molar-refractivity contribution in [2.45, 2.75) is 19.8 Å². The Morgan fingerprint density at radius 3 is 2.14 bits per heavy atom. The molecule has 0 aromatic heterocycles. The zero-order valence-corrected chi connectivity index (χ0v) is 21.0. The molecular weight excluding hydrogens is 465 g/mol. The maximum atomic E-state index is 13.9. The molecule has 0 aliphatic carbocycles. The van der Waals surface area contributed by atoms with Crippen molar-refractivity contribution in [3.63, 3.8) is 0 Å². The molecule has 1 fully saturated rings. The molecule has 0 N–H and O–H groups in total. The highest BCUT2D eigenvalue weighted by Crippen LogP contribution is 2.46. The summed E-state index contributed by atoms with van der Waals surface area (Å²) in [5.74, 6) is 2.38. The Hall–Kier alpha value is -2.96. The second kappa shape index (κ2) is 11.6. The van der Waals surface area contributed by atoms with E-state index in [4.69, 9.17) is 9.47 Å². The standard InChI is InChI=1S/C28H32FN3O2.ClH/c1-2-20-33-26-13-12-22(29)21-25(26)31-18-16-30(17-19-31)14-7-15-32-23-8-3-5-10-27(23)34-28-11-6-4-9-24(28)32;/h3-6,8-13,21H,2,7,14-20H2,1H3;1H. The number of hydrogen-bond acceptors (Lipinski definition) is 5. The molecule has 3 aromatic carbocycles. The number of anilines is 3. The molecule has 0 amide bonds. The molecule has 2 aliphatic rings. The van der Waals surface area contributed by atoms with Crippen molar-refractivity contribution in [3.8, 4) is 17.2 Å². The van der Waals surface area contributed by atoms with Gasteiger partial charge in [0.2, 0.25) is 0 Å². The molecule has 0 atom stereocenters. The smallest absolute Gasteiger partial charge is 0.151 e. The topological polar surface area (TPSA) is 28.2 Å². The van der Waals surface area contributed by atoms with E-state index in [0.717, 1.165) is 86.4 Å². The van der Waals surface area contributed by atoms with Crippen molar-refractivity contribution in [1.29, 1.82) is 0 Å². The minimum atomic E-state index is -0.215. The summed E-state index contributed by atoms with van der Waals surface area (Å²) in [6, 6.07) is 21.3. The largest absolute Gasteiger partial charge is 0.491 e. The molecule has 7 heteroatoms. The summed E-state index contributed by atoms with van der Waals surface area (Å²) in [5.41, 5.74) is 3.11. The van der Waals surface area contributed by atoms with Gasteiger partial charge in [-0.1, -0.05) is 31.2 Å². The van der Waals surface area contributed by atoms with E-state index in [2.05, 4.69) is 45.9 Å². The van der Waals surface area contributed by atoms with Crippen molar-refractivity contribution in [1.82, 2.24) is 4.90 Å². The van der Waals surface area contributed by atoms with Gasteiger partial charge in [0.15, 0.2) is 11.5 Å². The number of hydrogen-bond donors (Lipinski definition) is 0. The predicted molar refractivity (Wildman–Crippen MR) is 143 cm³/mol. The van der Waals surface area contributed by atoms with E-state index in [-0.39, 0.29) is 18.2 Å². The molecule has 0 bridgehead atoms. The van der Waals surface area contributed by atoms with Crippen LogP contribution >= 0.6 is 12.4 Å². The van der Waals surface area contributed by atoms with Crippen LogP contribution < -0.4 is 19.3 Å². The normalized spacial score (nSPS) is 15.0. The van der Waals surface area contributed by atoms with Gasteiger partial charge in [0.05, 0.1) is 23.7 Å². The van der Waals surface area contributed by atoms with Gasteiger partial charge in [0.1, 0.15) is 11.6 Å². The van der Waals surface area contributed by atoms with E-state index < -0.39 is 0 Å². The summed E-state index contributed by atoms with van der Waals surface area (Å²) >= 11 is 0. The molecule has 186 valence electrons. The summed E-state index contributed by atoms with van der Waals surface area (Å²) in [7, 11) is 0. The molecule has 0 spiro atoms. The number of rotatable bonds is 8. The van der Waals surface area contributed by atoms with Gasteiger partial charge in [-0.15, -0.1) is 12.4 Å². The Labute approximate surface area is 213 Å². The number of fused-ring (bicyclic) bond motifs is 2. The van der Waals surface area contributed by atoms with E-state index in [9.17, 15) is 4.39 Å². The lowest BCUT2D eigenvalue weighted by atomic mass is 10.1. The van der Waals surface area contributed by atoms with Crippen LogP contribution in [0.3, 0.4) is 0 Å². The summed E-state index contributed by atoms with van der Waals surface area (Å²) in [5, 5.41) is 0. The molecule has 2 aliphatic heterocycles. The Kier molecular flexibility index (Phi) is 8.37. The third kappa shape index (κ3) is 5.65. The maximum Gasteiger partial charge on any atom is 0.151 e. The monoisotopic (exact) mass is 497 g/mol. The van der Waals surface area contributed by atoms with Gasteiger partial charge in [-0.25, -0.2) is 4.39 Å². The molecule has 5 nitrogen and oxygen atoms in total. The summed E-state index contributed by atoms with van der Waals surface area (Å²) in [6.45, 7) is 8.33. The van der Waals surface area contributed by atoms with E-state index in [1.165, 1.54) is 6.07 Å². The van der Waals surface area contributed by atoms with Gasteiger partial charge in [0.25, 0.3) is 0 Å². The second-order valence-electron chi connectivity index (χ2n) is 8.83. The van der Waals surface area contributed by atoms with Crippen molar-refractivity contribution >= 4 is 29.5 Å². The van der Waals surface area contributed by atoms with Crippen molar-refractivity contribution in [2.24, 2.45) is 0 Å². The molecule has 0 radical (unpaired) electrons. The summed E-state index contributed by atoms with van der Waals surface area (Å²) in [6.07, 6.45) is 1.98. The number of nitrogens with zero attached hydrogens (tertiary/aromatic N) is 3. The van der Waals surface area contributed by atoms with Gasteiger partial charge in [-0.3, -0.25) is 4.90 Å². The third-order valence-corrected chi connectivity index (χ3v) is 6.48. The molecule has 1 saturated heterocycles. The number of benzene rings is 3. The SMILES string of the molecule is CCCOc1ccc(F)cc1N1CCN(CCCN2c3ccccc3Oc3ccccc32)CC1.Cl. The third-order valence-electron chi connectivity index (χ3n) is 6.48.